The summed E-state index contributed by atoms with van der Waals surface area (Å²) in [5.41, 5.74) is 1.07. The molecule has 1 aliphatic heterocycles. The van der Waals surface area contributed by atoms with Crippen molar-refractivity contribution in [2.24, 2.45) is 0 Å². The van der Waals surface area contributed by atoms with E-state index in [4.69, 9.17) is 11.6 Å². The molecule has 0 amide bonds. The number of piperidine rings is 1. The van der Waals surface area contributed by atoms with E-state index in [0.717, 1.165) is 31.5 Å². The van der Waals surface area contributed by atoms with Crippen molar-refractivity contribution >= 4 is 11.6 Å². The molecule has 1 aliphatic rings. The molecule has 1 fully saturated rings. The van der Waals surface area contributed by atoms with Crippen LogP contribution in [0.2, 0.25) is 5.02 Å². The Morgan fingerprint density at radius 3 is 2.82 bits per heavy atom. The Bertz CT molecular complexity index is 381. The number of benzene rings is 1. The summed E-state index contributed by atoms with van der Waals surface area (Å²) in [6.45, 7) is -0.892. The zero-order valence-corrected chi connectivity index (χ0v) is 10.0. The summed E-state index contributed by atoms with van der Waals surface area (Å²) in [5.74, 6) is 0.441. The van der Waals surface area contributed by atoms with Gasteiger partial charge in [0.25, 0.3) is 0 Å². The molecule has 2 rings (SSSR count). The van der Waals surface area contributed by atoms with Crippen molar-refractivity contribution in [3.63, 3.8) is 0 Å². The molecule has 0 bridgehead atoms. The standard InChI is InChI=1S/C12H14ClF2NO/c13-10-6-8(9-2-1-5-16-7-9)3-4-11(10)17-12(14)15/h3-4,6,9,12,16H,1-2,5,7H2. The van der Waals surface area contributed by atoms with Gasteiger partial charge in [-0.2, -0.15) is 8.78 Å². The molecule has 1 N–H and O–H groups in total. The molecule has 0 aliphatic carbocycles. The van der Waals surface area contributed by atoms with E-state index in [-0.39, 0.29) is 10.8 Å². The van der Waals surface area contributed by atoms with Crippen LogP contribution in [-0.4, -0.2) is 19.7 Å². The SMILES string of the molecule is FC(F)Oc1ccc(C2CCCNC2)cc1Cl. The van der Waals surface area contributed by atoms with E-state index in [1.807, 2.05) is 0 Å². The fraction of sp³-hybridized carbons (Fsp3) is 0.500. The molecule has 1 heterocycles. The maximum Gasteiger partial charge on any atom is 0.387 e. The van der Waals surface area contributed by atoms with Gasteiger partial charge in [-0.15, -0.1) is 0 Å². The van der Waals surface area contributed by atoms with E-state index in [1.54, 1.807) is 12.1 Å². The quantitative estimate of drug-likeness (QED) is 0.900. The van der Waals surface area contributed by atoms with Gasteiger partial charge in [-0.05, 0) is 43.0 Å². The minimum Gasteiger partial charge on any atom is -0.433 e. The van der Waals surface area contributed by atoms with E-state index < -0.39 is 6.61 Å². The van der Waals surface area contributed by atoms with Crippen molar-refractivity contribution in [3.05, 3.63) is 28.8 Å². The van der Waals surface area contributed by atoms with Gasteiger partial charge in [-0.25, -0.2) is 0 Å². The van der Waals surface area contributed by atoms with Gasteiger partial charge >= 0.3 is 6.61 Å². The third kappa shape index (κ3) is 3.30. The lowest BCUT2D eigenvalue weighted by molar-refractivity contribution is -0.0497. The summed E-state index contributed by atoms with van der Waals surface area (Å²) in [4.78, 5) is 0. The van der Waals surface area contributed by atoms with Gasteiger partial charge in [-0.3, -0.25) is 0 Å². The van der Waals surface area contributed by atoms with Gasteiger partial charge in [0.2, 0.25) is 0 Å². The molecule has 0 saturated carbocycles. The molecule has 2 nitrogen and oxygen atoms in total. The maximum absolute atomic E-state index is 12.1. The Balaban J connectivity index is 2.12. The lowest BCUT2D eigenvalue weighted by atomic mass is 9.92. The van der Waals surface area contributed by atoms with Crippen LogP contribution < -0.4 is 10.1 Å². The highest BCUT2D eigenvalue weighted by Gasteiger charge is 2.17. The highest BCUT2D eigenvalue weighted by molar-refractivity contribution is 6.32. The zero-order valence-electron chi connectivity index (χ0n) is 9.26. The molecule has 5 heteroatoms. The number of rotatable bonds is 3. The zero-order chi connectivity index (χ0) is 12.3. The van der Waals surface area contributed by atoms with Crippen LogP contribution in [0.25, 0.3) is 0 Å². The largest absolute Gasteiger partial charge is 0.433 e. The van der Waals surface area contributed by atoms with Crippen LogP contribution in [0.4, 0.5) is 8.78 Å². The van der Waals surface area contributed by atoms with E-state index >= 15 is 0 Å². The van der Waals surface area contributed by atoms with Crippen LogP contribution in [0.3, 0.4) is 0 Å². The highest BCUT2D eigenvalue weighted by Crippen LogP contribution is 2.31. The first-order valence-electron chi connectivity index (χ1n) is 5.62. The minimum atomic E-state index is -2.84. The summed E-state index contributed by atoms with van der Waals surface area (Å²) >= 11 is 5.91. The second-order valence-corrected chi connectivity index (χ2v) is 4.52. The molecule has 1 atom stereocenters. The second kappa shape index (κ2) is 5.65. The molecule has 0 aromatic heterocycles. The van der Waals surface area contributed by atoms with Crippen LogP contribution in [0, 0.1) is 0 Å². The van der Waals surface area contributed by atoms with Crippen molar-refractivity contribution in [2.75, 3.05) is 13.1 Å². The molecule has 1 saturated heterocycles. The van der Waals surface area contributed by atoms with Crippen molar-refractivity contribution < 1.29 is 13.5 Å². The lowest BCUT2D eigenvalue weighted by Crippen LogP contribution is -2.28. The summed E-state index contributed by atoms with van der Waals surface area (Å²) in [6.07, 6.45) is 2.22. The van der Waals surface area contributed by atoms with Gasteiger partial charge in [0.05, 0.1) is 5.02 Å². The number of ether oxygens (including phenoxy) is 1. The Labute approximate surface area is 104 Å². The molecule has 1 aromatic rings. The normalized spacial score (nSPS) is 20.6. The number of nitrogens with one attached hydrogen (secondary N) is 1. The first-order valence-corrected chi connectivity index (χ1v) is 5.99. The van der Waals surface area contributed by atoms with Gasteiger partial charge < -0.3 is 10.1 Å². The molecule has 94 valence electrons. The second-order valence-electron chi connectivity index (χ2n) is 4.11. The molecular weight excluding hydrogens is 248 g/mol. The summed E-state index contributed by atoms with van der Waals surface area (Å²) < 4.78 is 28.4. The summed E-state index contributed by atoms with van der Waals surface area (Å²) in [6, 6.07) is 5.04. The first-order chi connectivity index (χ1) is 8.16. The molecule has 17 heavy (non-hydrogen) atoms. The van der Waals surface area contributed by atoms with Crippen LogP contribution >= 0.6 is 11.6 Å². The Hall–Kier alpha value is -0.870. The molecule has 1 unspecified atom stereocenters. The number of hydrogen-bond donors (Lipinski definition) is 1. The average Bonchev–Trinajstić information content (AvgIpc) is 2.32. The predicted molar refractivity (Wildman–Crippen MR) is 62.9 cm³/mol. The predicted octanol–water partition coefficient (Wildman–Crippen LogP) is 3.41. The molecule has 1 aromatic carbocycles. The maximum atomic E-state index is 12.1. The smallest absolute Gasteiger partial charge is 0.387 e. The summed E-state index contributed by atoms with van der Waals surface area (Å²) in [5, 5.41) is 3.55. The van der Waals surface area contributed by atoms with Crippen LogP contribution in [0.5, 0.6) is 5.75 Å². The van der Waals surface area contributed by atoms with Crippen molar-refractivity contribution in [1.29, 1.82) is 0 Å². The fourth-order valence-electron chi connectivity index (χ4n) is 2.10. The number of alkyl halides is 2. The summed E-state index contributed by atoms with van der Waals surface area (Å²) in [7, 11) is 0. The molecule has 0 spiro atoms. The Kier molecular flexibility index (Phi) is 4.18. The minimum absolute atomic E-state index is 0.0363. The topological polar surface area (TPSA) is 21.3 Å². The molecule has 0 radical (unpaired) electrons. The highest BCUT2D eigenvalue weighted by atomic mass is 35.5. The number of hydrogen-bond acceptors (Lipinski definition) is 2. The van der Waals surface area contributed by atoms with Crippen LogP contribution in [0.1, 0.15) is 24.3 Å². The van der Waals surface area contributed by atoms with Gasteiger partial charge in [0.1, 0.15) is 5.75 Å². The average molecular weight is 262 g/mol. The first kappa shape index (κ1) is 12.6. The Morgan fingerprint density at radius 1 is 1.41 bits per heavy atom. The monoisotopic (exact) mass is 261 g/mol. The van der Waals surface area contributed by atoms with Gasteiger partial charge in [0.15, 0.2) is 0 Å². The van der Waals surface area contributed by atoms with Crippen LogP contribution in [0.15, 0.2) is 18.2 Å². The number of halogens is 3. The van der Waals surface area contributed by atoms with Gasteiger partial charge in [-0.1, -0.05) is 17.7 Å². The van der Waals surface area contributed by atoms with Crippen molar-refractivity contribution in [1.82, 2.24) is 5.32 Å². The van der Waals surface area contributed by atoms with E-state index in [0.29, 0.717) is 5.92 Å². The lowest BCUT2D eigenvalue weighted by Gasteiger charge is -2.23. The fourth-order valence-corrected chi connectivity index (χ4v) is 2.33. The van der Waals surface area contributed by atoms with E-state index in [2.05, 4.69) is 10.1 Å². The Morgan fingerprint density at radius 2 is 2.24 bits per heavy atom. The van der Waals surface area contributed by atoms with Crippen molar-refractivity contribution in [3.8, 4) is 5.75 Å². The van der Waals surface area contributed by atoms with E-state index in [9.17, 15) is 8.78 Å². The van der Waals surface area contributed by atoms with Crippen molar-refractivity contribution in [2.45, 2.75) is 25.4 Å². The molecular formula is C12H14ClF2NO. The van der Waals surface area contributed by atoms with Crippen LogP contribution in [-0.2, 0) is 0 Å². The van der Waals surface area contributed by atoms with E-state index in [1.165, 1.54) is 6.07 Å². The third-order valence-corrected chi connectivity index (χ3v) is 3.24. The van der Waals surface area contributed by atoms with Gasteiger partial charge in [0, 0.05) is 6.54 Å². The third-order valence-electron chi connectivity index (χ3n) is 2.94.